The van der Waals surface area contributed by atoms with Crippen LogP contribution in [0.15, 0.2) is 120 Å². The molecule has 0 radical (unpaired) electrons. The number of hydrogen-bond acceptors (Lipinski definition) is 4. The van der Waals surface area contributed by atoms with Gasteiger partial charge in [0.25, 0.3) is 5.91 Å². The van der Waals surface area contributed by atoms with Gasteiger partial charge in [-0.3, -0.25) is 4.79 Å². The van der Waals surface area contributed by atoms with Crippen molar-refractivity contribution in [3.05, 3.63) is 143 Å². The lowest BCUT2D eigenvalue weighted by atomic mass is 9.75. The van der Waals surface area contributed by atoms with Gasteiger partial charge in [0.05, 0.1) is 28.2 Å². The largest absolute Gasteiger partial charge is 0.272 e. The smallest absolute Gasteiger partial charge is 0.252 e. The molecule has 0 aliphatic heterocycles. The molecule has 0 fully saturated rings. The first kappa shape index (κ1) is 32.6. The van der Waals surface area contributed by atoms with Gasteiger partial charge in [0.1, 0.15) is 0 Å². The monoisotopic (exact) mass is 645 g/mol. The highest BCUT2D eigenvalue weighted by molar-refractivity contribution is 7.89. The SMILES string of the molecule is Cc1ccc(S(=O)(=O)N[C@H](c2ccccc2)[C@H](Cc2ccccc2)C(=O)n2nc3c(c2-c2ccccc2)[C@H](C)CC[C@H]3C(C)C)cc1. The van der Waals surface area contributed by atoms with E-state index < -0.39 is 22.0 Å². The maximum Gasteiger partial charge on any atom is 0.252 e. The fraction of sp³-hybridized carbons (Fsp3) is 0.300. The van der Waals surface area contributed by atoms with Crippen LogP contribution < -0.4 is 4.72 Å². The van der Waals surface area contributed by atoms with E-state index >= 15 is 4.79 Å². The van der Waals surface area contributed by atoms with Gasteiger partial charge in [-0.15, -0.1) is 0 Å². The molecule has 1 aliphatic carbocycles. The zero-order valence-electron chi connectivity index (χ0n) is 27.5. The molecule has 242 valence electrons. The summed E-state index contributed by atoms with van der Waals surface area (Å²) in [7, 11) is -4.00. The molecule has 1 N–H and O–H groups in total. The van der Waals surface area contributed by atoms with Crippen LogP contribution in [0, 0.1) is 18.8 Å². The molecule has 0 saturated carbocycles. The third-order valence-electron chi connectivity index (χ3n) is 9.56. The summed E-state index contributed by atoms with van der Waals surface area (Å²) in [5.41, 5.74) is 6.48. The summed E-state index contributed by atoms with van der Waals surface area (Å²) in [6.07, 6.45) is 2.35. The average Bonchev–Trinajstić information content (AvgIpc) is 3.49. The summed E-state index contributed by atoms with van der Waals surface area (Å²) in [5, 5.41) is 5.17. The van der Waals surface area contributed by atoms with Crippen molar-refractivity contribution in [3.63, 3.8) is 0 Å². The van der Waals surface area contributed by atoms with E-state index in [0.29, 0.717) is 17.9 Å². The molecule has 0 unspecified atom stereocenters. The molecule has 1 aliphatic rings. The Kier molecular flexibility index (Phi) is 9.57. The van der Waals surface area contributed by atoms with Gasteiger partial charge >= 0.3 is 0 Å². The Balaban J connectivity index is 1.55. The Hall–Kier alpha value is -4.33. The molecule has 0 spiro atoms. The standard InChI is InChI=1S/C40H43N3O3S/c1-27(2)34-25-22-29(4)36-38(34)41-43(39(36)32-18-12-7-13-19-32)40(44)35(26-30-14-8-5-9-15-30)37(31-16-10-6-11-17-31)42-47(45,46)33-23-20-28(3)21-24-33/h5-21,23-24,27,29,34-35,37,42H,22,25-26H2,1-4H3/t29-,34+,35+,37-/m1/s1. The second-order valence-electron chi connectivity index (χ2n) is 13.2. The molecule has 0 bridgehead atoms. The predicted molar refractivity (Wildman–Crippen MR) is 188 cm³/mol. The van der Waals surface area contributed by atoms with Crippen molar-refractivity contribution in [3.8, 4) is 11.3 Å². The summed E-state index contributed by atoms with van der Waals surface area (Å²) in [5.74, 6) is -0.222. The molecule has 4 atom stereocenters. The van der Waals surface area contributed by atoms with Crippen molar-refractivity contribution in [1.82, 2.24) is 14.5 Å². The molecule has 6 rings (SSSR count). The van der Waals surface area contributed by atoms with Crippen LogP contribution in [0.4, 0.5) is 0 Å². The summed E-state index contributed by atoms with van der Waals surface area (Å²) in [6.45, 7) is 8.58. The predicted octanol–water partition coefficient (Wildman–Crippen LogP) is 8.71. The van der Waals surface area contributed by atoms with Crippen LogP contribution in [0.3, 0.4) is 0 Å². The van der Waals surface area contributed by atoms with E-state index in [2.05, 4.69) is 25.5 Å². The molecule has 0 saturated heterocycles. The first-order valence-electron chi connectivity index (χ1n) is 16.5. The van der Waals surface area contributed by atoms with Crippen LogP contribution in [-0.2, 0) is 16.4 Å². The van der Waals surface area contributed by atoms with Gasteiger partial charge < -0.3 is 0 Å². The lowest BCUT2D eigenvalue weighted by Gasteiger charge is -2.29. The van der Waals surface area contributed by atoms with E-state index in [0.717, 1.165) is 46.5 Å². The maximum absolute atomic E-state index is 15.3. The third kappa shape index (κ3) is 6.87. The first-order chi connectivity index (χ1) is 22.6. The molecule has 5 aromatic rings. The van der Waals surface area contributed by atoms with Crippen molar-refractivity contribution in [2.75, 3.05) is 0 Å². The third-order valence-corrected chi connectivity index (χ3v) is 11.0. The van der Waals surface area contributed by atoms with Crippen molar-refractivity contribution in [1.29, 1.82) is 0 Å². The Bertz CT molecular complexity index is 1920. The Labute approximate surface area is 278 Å². The minimum atomic E-state index is -4.00. The number of benzene rings is 4. The zero-order chi connectivity index (χ0) is 33.1. The highest BCUT2D eigenvalue weighted by Gasteiger charge is 2.40. The number of carbonyl (C=O) groups is 1. The van der Waals surface area contributed by atoms with Crippen LogP contribution in [-0.4, -0.2) is 24.1 Å². The number of aromatic nitrogens is 2. The van der Waals surface area contributed by atoms with Crippen molar-refractivity contribution in [2.24, 2.45) is 11.8 Å². The molecule has 4 aromatic carbocycles. The van der Waals surface area contributed by atoms with Gasteiger partial charge in [-0.1, -0.05) is 129 Å². The summed E-state index contributed by atoms with van der Waals surface area (Å²) < 4.78 is 32.6. The highest BCUT2D eigenvalue weighted by Crippen LogP contribution is 2.46. The number of sulfonamides is 1. The molecular formula is C40H43N3O3S. The number of hydrogen-bond donors (Lipinski definition) is 1. The van der Waals surface area contributed by atoms with Gasteiger partial charge in [0, 0.05) is 17.0 Å². The second kappa shape index (κ2) is 13.8. The van der Waals surface area contributed by atoms with Crippen molar-refractivity contribution in [2.45, 2.75) is 69.7 Å². The first-order valence-corrected chi connectivity index (χ1v) is 18.0. The number of fused-ring (bicyclic) bond motifs is 1. The quantitative estimate of drug-likeness (QED) is 0.165. The van der Waals surface area contributed by atoms with Crippen LogP contribution in [0.2, 0.25) is 0 Å². The van der Waals surface area contributed by atoms with E-state index in [4.69, 9.17) is 5.10 Å². The van der Waals surface area contributed by atoms with Gasteiger partial charge in [-0.2, -0.15) is 9.78 Å². The minimum Gasteiger partial charge on any atom is -0.272 e. The average molecular weight is 646 g/mol. The number of rotatable bonds is 10. The van der Waals surface area contributed by atoms with Crippen LogP contribution in [0.25, 0.3) is 11.3 Å². The summed E-state index contributed by atoms with van der Waals surface area (Å²) in [6, 6.07) is 35.2. The van der Waals surface area contributed by atoms with Crippen LogP contribution >= 0.6 is 0 Å². The van der Waals surface area contributed by atoms with Crippen LogP contribution in [0.5, 0.6) is 0 Å². The van der Waals surface area contributed by atoms with E-state index in [1.807, 2.05) is 97.9 Å². The van der Waals surface area contributed by atoms with Crippen molar-refractivity contribution >= 4 is 15.9 Å². The van der Waals surface area contributed by atoms with E-state index in [1.165, 1.54) is 0 Å². The molecule has 6 nitrogen and oxygen atoms in total. The van der Waals surface area contributed by atoms with E-state index in [9.17, 15) is 8.42 Å². The topological polar surface area (TPSA) is 81.1 Å². The molecule has 0 amide bonds. The van der Waals surface area contributed by atoms with E-state index in [1.54, 1.807) is 28.9 Å². The lowest BCUT2D eigenvalue weighted by molar-refractivity contribution is 0.0791. The zero-order valence-corrected chi connectivity index (χ0v) is 28.3. The number of nitrogens with zero attached hydrogens (tertiary/aromatic N) is 2. The van der Waals surface area contributed by atoms with Gasteiger partial charge in [0.2, 0.25) is 10.0 Å². The normalized spacial score (nSPS) is 17.6. The van der Waals surface area contributed by atoms with Gasteiger partial charge in [-0.25, -0.2) is 13.1 Å². The van der Waals surface area contributed by atoms with Crippen molar-refractivity contribution < 1.29 is 13.2 Å². The minimum absolute atomic E-state index is 0.156. The molecular weight excluding hydrogens is 603 g/mol. The fourth-order valence-electron chi connectivity index (χ4n) is 6.97. The fourth-order valence-corrected chi connectivity index (χ4v) is 8.23. The maximum atomic E-state index is 15.3. The van der Waals surface area contributed by atoms with E-state index in [-0.39, 0.29) is 22.6 Å². The molecule has 1 aromatic heterocycles. The molecule has 7 heteroatoms. The summed E-state index contributed by atoms with van der Waals surface area (Å²) >= 11 is 0. The highest BCUT2D eigenvalue weighted by atomic mass is 32.2. The number of carbonyl (C=O) groups excluding carboxylic acids is 1. The number of aryl methyl sites for hydroxylation is 1. The molecule has 47 heavy (non-hydrogen) atoms. The van der Waals surface area contributed by atoms with Gasteiger partial charge in [0.15, 0.2) is 0 Å². The van der Waals surface area contributed by atoms with Crippen LogP contribution in [0.1, 0.15) is 84.2 Å². The Morgan fingerprint density at radius 2 is 1.45 bits per heavy atom. The Morgan fingerprint density at radius 1 is 0.851 bits per heavy atom. The summed E-state index contributed by atoms with van der Waals surface area (Å²) in [4.78, 5) is 15.4. The van der Waals surface area contributed by atoms with Gasteiger partial charge in [-0.05, 0) is 61.3 Å². The Morgan fingerprint density at radius 3 is 2.06 bits per heavy atom. The number of nitrogens with one attached hydrogen (secondary N) is 1. The second-order valence-corrected chi connectivity index (χ2v) is 14.9. The molecule has 1 heterocycles. The lowest BCUT2D eigenvalue weighted by Crippen LogP contribution is -2.40.